The zero-order valence-electron chi connectivity index (χ0n) is 10.1. The maximum Gasteiger partial charge on any atom is 0.417 e. The lowest BCUT2D eigenvalue weighted by molar-refractivity contribution is 0.553. The molecule has 0 spiro atoms. The molecule has 0 aliphatic rings. The molecule has 7 nitrogen and oxygen atoms in total. The molecule has 0 aliphatic heterocycles. The molecule has 0 saturated carbocycles. The van der Waals surface area contributed by atoms with E-state index in [1.54, 1.807) is 6.07 Å². The molecule has 104 valence electrons. The molecular weight excluding hydrogens is 284 g/mol. The summed E-state index contributed by atoms with van der Waals surface area (Å²) < 4.78 is 36.3. The molecule has 20 heavy (non-hydrogen) atoms. The topological polar surface area (TPSA) is 105 Å². The Morgan fingerprint density at radius 2 is 2.10 bits per heavy atom. The lowest BCUT2D eigenvalue weighted by atomic mass is 10.3. The van der Waals surface area contributed by atoms with E-state index in [1.165, 1.54) is 30.7 Å². The minimum absolute atomic E-state index is 0.0243. The van der Waals surface area contributed by atoms with Gasteiger partial charge in [-0.2, -0.15) is 0 Å². The molecule has 0 amide bonds. The summed E-state index contributed by atoms with van der Waals surface area (Å²) in [4.78, 5) is 13.5. The van der Waals surface area contributed by atoms with E-state index in [9.17, 15) is 13.2 Å². The van der Waals surface area contributed by atoms with Crippen molar-refractivity contribution >= 4 is 21.1 Å². The number of H-pyrrole nitrogens is 1. The molecule has 3 rings (SSSR count). The van der Waals surface area contributed by atoms with Gasteiger partial charge < -0.3 is 8.83 Å². The van der Waals surface area contributed by atoms with Crippen LogP contribution in [0.15, 0.2) is 55.3 Å². The second-order valence-corrected chi connectivity index (χ2v) is 5.90. The van der Waals surface area contributed by atoms with Crippen molar-refractivity contribution in [3.63, 3.8) is 0 Å². The van der Waals surface area contributed by atoms with Crippen LogP contribution >= 0.6 is 0 Å². The Balaban J connectivity index is 1.90. The van der Waals surface area contributed by atoms with Crippen molar-refractivity contribution in [2.45, 2.75) is 11.4 Å². The molecule has 1 aromatic carbocycles. The summed E-state index contributed by atoms with van der Waals surface area (Å²) in [7, 11) is -3.69. The van der Waals surface area contributed by atoms with Crippen LogP contribution in [0.3, 0.4) is 0 Å². The van der Waals surface area contributed by atoms with Crippen LogP contribution < -0.4 is 10.5 Å². The van der Waals surface area contributed by atoms with Gasteiger partial charge >= 0.3 is 5.76 Å². The van der Waals surface area contributed by atoms with Gasteiger partial charge in [-0.05, 0) is 18.2 Å². The smallest absolute Gasteiger partial charge is 0.417 e. The van der Waals surface area contributed by atoms with Crippen LogP contribution in [0.1, 0.15) is 5.56 Å². The highest BCUT2D eigenvalue weighted by atomic mass is 32.2. The standard InChI is InChI=1S/C12H10N2O5S/c15-12-14-10-2-1-9(5-11(10)19-12)20(16,17)13-6-8-3-4-18-7-8/h1-5,7,13H,6H2,(H,14,15). The second kappa shape index (κ2) is 4.66. The number of nitrogens with one attached hydrogen (secondary N) is 2. The van der Waals surface area contributed by atoms with Gasteiger partial charge in [0, 0.05) is 18.2 Å². The monoisotopic (exact) mass is 294 g/mol. The Morgan fingerprint density at radius 1 is 1.25 bits per heavy atom. The maximum absolute atomic E-state index is 12.1. The van der Waals surface area contributed by atoms with Crippen LogP contribution in [0.5, 0.6) is 0 Å². The molecule has 0 bridgehead atoms. The third-order valence-electron chi connectivity index (χ3n) is 2.75. The fourth-order valence-corrected chi connectivity index (χ4v) is 2.78. The van der Waals surface area contributed by atoms with E-state index in [0.717, 1.165) is 0 Å². The first-order valence-electron chi connectivity index (χ1n) is 5.68. The number of fused-ring (bicyclic) bond motifs is 1. The first kappa shape index (κ1) is 12.7. The number of oxazole rings is 1. The number of aromatic nitrogens is 1. The van der Waals surface area contributed by atoms with Crippen LogP contribution in [0.4, 0.5) is 0 Å². The number of hydrogen-bond acceptors (Lipinski definition) is 5. The fraction of sp³-hybridized carbons (Fsp3) is 0.0833. The average Bonchev–Trinajstić information content (AvgIpc) is 3.03. The Hall–Kier alpha value is -2.32. The van der Waals surface area contributed by atoms with E-state index < -0.39 is 15.8 Å². The molecular formula is C12H10N2O5S. The molecule has 0 unspecified atom stereocenters. The lowest BCUT2D eigenvalue weighted by Gasteiger charge is -2.05. The largest absolute Gasteiger partial charge is 0.472 e. The highest BCUT2D eigenvalue weighted by Gasteiger charge is 2.15. The number of furan rings is 1. The maximum atomic E-state index is 12.1. The van der Waals surface area contributed by atoms with E-state index in [-0.39, 0.29) is 17.0 Å². The SMILES string of the molecule is O=c1[nH]c2ccc(S(=O)(=O)NCc3ccoc3)cc2o1. The summed E-state index contributed by atoms with van der Waals surface area (Å²) >= 11 is 0. The first-order valence-corrected chi connectivity index (χ1v) is 7.16. The fourth-order valence-electron chi connectivity index (χ4n) is 1.75. The van der Waals surface area contributed by atoms with Gasteiger partial charge in [0.05, 0.1) is 22.9 Å². The van der Waals surface area contributed by atoms with Crippen molar-refractivity contribution in [1.29, 1.82) is 0 Å². The van der Waals surface area contributed by atoms with Crippen molar-refractivity contribution in [2.75, 3.05) is 0 Å². The molecule has 8 heteroatoms. The normalized spacial score (nSPS) is 12.0. The van der Waals surface area contributed by atoms with Crippen molar-refractivity contribution in [2.24, 2.45) is 0 Å². The molecule has 2 N–H and O–H groups in total. The van der Waals surface area contributed by atoms with Gasteiger partial charge in [0.1, 0.15) is 0 Å². The Kier molecular flexibility index (Phi) is 2.96. The Labute approximate surface area is 113 Å². The summed E-state index contributed by atoms with van der Waals surface area (Å²) in [6.07, 6.45) is 2.92. The van der Waals surface area contributed by atoms with Gasteiger partial charge in [-0.1, -0.05) is 0 Å². The van der Waals surface area contributed by atoms with Crippen molar-refractivity contribution in [3.8, 4) is 0 Å². The molecule has 0 fully saturated rings. The molecule has 2 heterocycles. The second-order valence-electron chi connectivity index (χ2n) is 4.13. The number of sulfonamides is 1. The van der Waals surface area contributed by atoms with E-state index in [0.29, 0.717) is 11.1 Å². The van der Waals surface area contributed by atoms with Crippen LogP contribution in [0, 0.1) is 0 Å². The van der Waals surface area contributed by atoms with Crippen molar-refractivity contribution in [3.05, 3.63) is 52.9 Å². The quantitative estimate of drug-likeness (QED) is 0.752. The third kappa shape index (κ3) is 2.38. The number of hydrogen-bond donors (Lipinski definition) is 2. The van der Waals surface area contributed by atoms with Crippen LogP contribution in [-0.2, 0) is 16.6 Å². The lowest BCUT2D eigenvalue weighted by Crippen LogP contribution is -2.22. The molecule has 0 radical (unpaired) electrons. The van der Waals surface area contributed by atoms with Crippen molar-refractivity contribution in [1.82, 2.24) is 9.71 Å². The number of rotatable bonds is 4. The predicted molar refractivity (Wildman–Crippen MR) is 69.6 cm³/mol. The summed E-state index contributed by atoms with van der Waals surface area (Å²) in [6, 6.07) is 5.83. The summed E-state index contributed by atoms with van der Waals surface area (Å²) in [6.45, 7) is 0.119. The van der Waals surface area contributed by atoms with Crippen LogP contribution in [-0.4, -0.2) is 13.4 Å². The minimum atomic E-state index is -3.69. The molecule has 3 aromatic rings. The molecule has 0 saturated heterocycles. The van der Waals surface area contributed by atoms with Gasteiger partial charge in [-0.15, -0.1) is 0 Å². The highest BCUT2D eigenvalue weighted by molar-refractivity contribution is 7.89. The molecule has 2 aromatic heterocycles. The number of aromatic amines is 1. The van der Waals surface area contributed by atoms with Gasteiger partial charge in [0.15, 0.2) is 5.58 Å². The van der Waals surface area contributed by atoms with Gasteiger partial charge in [-0.25, -0.2) is 17.9 Å². The zero-order valence-corrected chi connectivity index (χ0v) is 10.9. The van der Waals surface area contributed by atoms with Crippen LogP contribution in [0.25, 0.3) is 11.1 Å². The Morgan fingerprint density at radius 3 is 2.85 bits per heavy atom. The van der Waals surface area contributed by atoms with Crippen LogP contribution in [0.2, 0.25) is 0 Å². The first-order chi connectivity index (χ1) is 9.54. The predicted octanol–water partition coefficient (Wildman–Crippen LogP) is 1.19. The van der Waals surface area contributed by atoms with Crippen molar-refractivity contribution < 1.29 is 17.3 Å². The highest BCUT2D eigenvalue weighted by Crippen LogP contribution is 2.16. The van der Waals surface area contributed by atoms with E-state index in [4.69, 9.17) is 8.83 Å². The summed E-state index contributed by atoms with van der Waals surface area (Å²) in [5.41, 5.74) is 1.35. The summed E-state index contributed by atoms with van der Waals surface area (Å²) in [5.74, 6) is -0.624. The van der Waals surface area contributed by atoms with E-state index in [2.05, 4.69) is 9.71 Å². The zero-order chi connectivity index (χ0) is 14.2. The van der Waals surface area contributed by atoms with E-state index in [1.807, 2.05) is 0 Å². The van der Waals surface area contributed by atoms with Gasteiger partial charge in [-0.3, -0.25) is 4.98 Å². The van der Waals surface area contributed by atoms with Gasteiger partial charge in [0.2, 0.25) is 10.0 Å². The average molecular weight is 294 g/mol. The molecule has 0 atom stereocenters. The summed E-state index contributed by atoms with van der Waals surface area (Å²) in [5, 5.41) is 0. The van der Waals surface area contributed by atoms with Gasteiger partial charge in [0.25, 0.3) is 0 Å². The Bertz CT molecular complexity index is 889. The molecule has 0 aliphatic carbocycles. The third-order valence-corrected chi connectivity index (χ3v) is 4.15. The number of benzene rings is 1. The van der Waals surface area contributed by atoms with E-state index >= 15 is 0 Å². The minimum Gasteiger partial charge on any atom is -0.472 e.